The molecule has 0 saturated carbocycles. The molecule has 2 rings (SSSR count). The topological polar surface area (TPSA) is 58.2 Å². The number of benzene rings is 2. The highest BCUT2D eigenvalue weighted by atomic mass is 16.2. The van der Waals surface area contributed by atoms with Gasteiger partial charge in [-0.25, -0.2) is 0 Å². The number of carbonyl (C=O) groups is 2. The van der Waals surface area contributed by atoms with E-state index in [-0.39, 0.29) is 5.92 Å². The number of hydrogen-bond acceptors (Lipinski definition) is 2. The van der Waals surface area contributed by atoms with Crippen LogP contribution < -0.4 is 10.6 Å². The Bertz CT molecular complexity index is 651. The van der Waals surface area contributed by atoms with Crippen molar-refractivity contribution in [3.8, 4) is 0 Å². The molecule has 0 atom stereocenters. The minimum Gasteiger partial charge on any atom is -0.344 e. The molecule has 2 N–H and O–H groups in total. The Morgan fingerprint density at radius 1 is 0.909 bits per heavy atom. The van der Waals surface area contributed by atoms with Gasteiger partial charge in [0.2, 0.25) is 0 Å². The van der Waals surface area contributed by atoms with Gasteiger partial charge in [-0.05, 0) is 23.1 Å². The van der Waals surface area contributed by atoms with Crippen LogP contribution in [0, 0.1) is 0 Å². The van der Waals surface area contributed by atoms with Crippen molar-refractivity contribution < 1.29 is 9.59 Å². The molecule has 2 aromatic rings. The van der Waals surface area contributed by atoms with Crippen LogP contribution in [0.3, 0.4) is 0 Å². The van der Waals surface area contributed by atoms with Crippen LogP contribution in [0.5, 0.6) is 0 Å². The van der Waals surface area contributed by atoms with Crippen LogP contribution in [0.25, 0.3) is 0 Å². The Morgan fingerprint density at radius 3 is 2.23 bits per heavy atom. The first-order valence-corrected chi connectivity index (χ1v) is 7.30. The molecule has 0 fully saturated rings. The molecule has 2 amide bonds. The number of amides is 2. The van der Waals surface area contributed by atoms with Gasteiger partial charge in [0.1, 0.15) is 0 Å². The van der Waals surface area contributed by atoms with Crippen molar-refractivity contribution in [1.29, 1.82) is 0 Å². The SMILES string of the molecule is CC(C)c1ccccc1NC(=O)C(=O)NCc1ccccc1. The minimum absolute atomic E-state index is 0.267. The number of rotatable bonds is 4. The van der Waals surface area contributed by atoms with Gasteiger partial charge in [0, 0.05) is 12.2 Å². The van der Waals surface area contributed by atoms with E-state index in [2.05, 4.69) is 10.6 Å². The average molecular weight is 296 g/mol. The van der Waals surface area contributed by atoms with E-state index in [0.717, 1.165) is 11.1 Å². The van der Waals surface area contributed by atoms with E-state index in [1.165, 1.54) is 0 Å². The van der Waals surface area contributed by atoms with Gasteiger partial charge >= 0.3 is 11.8 Å². The fourth-order valence-electron chi connectivity index (χ4n) is 2.15. The van der Waals surface area contributed by atoms with Crippen molar-refractivity contribution >= 4 is 17.5 Å². The first-order valence-electron chi connectivity index (χ1n) is 7.30. The summed E-state index contributed by atoms with van der Waals surface area (Å²) in [6.07, 6.45) is 0. The lowest BCUT2D eigenvalue weighted by atomic mass is 10.0. The monoisotopic (exact) mass is 296 g/mol. The summed E-state index contributed by atoms with van der Waals surface area (Å²) in [6.45, 7) is 4.42. The molecule has 0 aliphatic carbocycles. The number of anilines is 1. The summed E-state index contributed by atoms with van der Waals surface area (Å²) in [5.74, 6) is -1.02. The maximum absolute atomic E-state index is 12.0. The highest BCUT2D eigenvalue weighted by Gasteiger charge is 2.15. The predicted octanol–water partition coefficient (Wildman–Crippen LogP) is 3.06. The molecule has 0 saturated heterocycles. The molecule has 0 bridgehead atoms. The molecule has 0 aromatic heterocycles. The number of nitrogens with one attached hydrogen (secondary N) is 2. The van der Waals surface area contributed by atoms with Crippen LogP contribution in [0.4, 0.5) is 5.69 Å². The van der Waals surface area contributed by atoms with E-state index in [1.54, 1.807) is 6.07 Å². The van der Waals surface area contributed by atoms with E-state index < -0.39 is 11.8 Å². The second kappa shape index (κ2) is 7.41. The second-order valence-electron chi connectivity index (χ2n) is 5.36. The lowest BCUT2D eigenvalue weighted by Crippen LogP contribution is -2.35. The van der Waals surface area contributed by atoms with Crippen molar-refractivity contribution in [2.24, 2.45) is 0 Å². The van der Waals surface area contributed by atoms with Gasteiger partial charge in [0.15, 0.2) is 0 Å². The zero-order chi connectivity index (χ0) is 15.9. The van der Waals surface area contributed by atoms with Gasteiger partial charge in [0.25, 0.3) is 0 Å². The Balaban J connectivity index is 1.96. The van der Waals surface area contributed by atoms with Crippen LogP contribution in [-0.4, -0.2) is 11.8 Å². The van der Waals surface area contributed by atoms with E-state index in [4.69, 9.17) is 0 Å². The molecule has 0 aliphatic rings. The highest BCUT2D eigenvalue weighted by molar-refractivity contribution is 6.39. The fourth-order valence-corrected chi connectivity index (χ4v) is 2.15. The molecule has 0 heterocycles. The molecule has 114 valence electrons. The summed E-state index contributed by atoms with van der Waals surface area (Å²) in [7, 11) is 0. The summed E-state index contributed by atoms with van der Waals surface area (Å²) in [5.41, 5.74) is 2.63. The molecule has 0 spiro atoms. The summed E-state index contributed by atoms with van der Waals surface area (Å²) in [4.78, 5) is 23.9. The van der Waals surface area contributed by atoms with Crippen molar-refractivity contribution in [2.45, 2.75) is 26.3 Å². The van der Waals surface area contributed by atoms with Gasteiger partial charge in [-0.2, -0.15) is 0 Å². The molecule has 2 aromatic carbocycles. The lowest BCUT2D eigenvalue weighted by molar-refractivity contribution is -0.136. The molecule has 4 heteroatoms. The van der Waals surface area contributed by atoms with Crippen molar-refractivity contribution in [1.82, 2.24) is 5.32 Å². The van der Waals surface area contributed by atoms with Crippen molar-refractivity contribution in [2.75, 3.05) is 5.32 Å². The number of para-hydroxylation sites is 1. The van der Waals surface area contributed by atoms with Crippen LogP contribution in [-0.2, 0) is 16.1 Å². The fraction of sp³-hybridized carbons (Fsp3) is 0.222. The molecule has 4 nitrogen and oxygen atoms in total. The van der Waals surface area contributed by atoms with Gasteiger partial charge in [-0.1, -0.05) is 62.4 Å². The third-order valence-electron chi connectivity index (χ3n) is 3.33. The van der Waals surface area contributed by atoms with Gasteiger partial charge in [-0.15, -0.1) is 0 Å². The third kappa shape index (κ3) is 4.19. The van der Waals surface area contributed by atoms with Gasteiger partial charge in [-0.3, -0.25) is 9.59 Å². The summed E-state index contributed by atoms with van der Waals surface area (Å²) in [5, 5.41) is 5.29. The first kappa shape index (κ1) is 15.8. The quantitative estimate of drug-likeness (QED) is 0.852. The summed E-state index contributed by atoms with van der Waals surface area (Å²) < 4.78 is 0. The van der Waals surface area contributed by atoms with E-state index in [9.17, 15) is 9.59 Å². The summed E-state index contributed by atoms with van der Waals surface area (Å²) >= 11 is 0. The van der Waals surface area contributed by atoms with Crippen LogP contribution in [0.1, 0.15) is 30.9 Å². The number of carbonyl (C=O) groups excluding carboxylic acids is 2. The maximum Gasteiger partial charge on any atom is 0.313 e. The van der Waals surface area contributed by atoms with E-state index >= 15 is 0 Å². The molecule has 0 unspecified atom stereocenters. The Hall–Kier alpha value is -2.62. The Kier molecular flexibility index (Phi) is 5.31. The molecule has 0 radical (unpaired) electrons. The normalized spacial score (nSPS) is 10.3. The number of hydrogen-bond donors (Lipinski definition) is 2. The lowest BCUT2D eigenvalue weighted by Gasteiger charge is -2.13. The van der Waals surface area contributed by atoms with E-state index in [1.807, 2.05) is 62.4 Å². The standard InChI is InChI=1S/C18H20N2O2/c1-13(2)15-10-6-7-11-16(15)20-18(22)17(21)19-12-14-8-4-3-5-9-14/h3-11,13H,12H2,1-2H3,(H,19,21)(H,20,22). The predicted molar refractivity (Wildman–Crippen MR) is 87.4 cm³/mol. The second-order valence-corrected chi connectivity index (χ2v) is 5.36. The highest BCUT2D eigenvalue weighted by Crippen LogP contribution is 2.23. The van der Waals surface area contributed by atoms with Crippen LogP contribution in [0.2, 0.25) is 0 Å². The Labute approximate surface area is 130 Å². The zero-order valence-electron chi connectivity index (χ0n) is 12.8. The molecular weight excluding hydrogens is 276 g/mol. The first-order chi connectivity index (χ1) is 10.6. The molecule has 22 heavy (non-hydrogen) atoms. The van der Waals surface area contributed by atoms with Crippen molar-refractivity contribution in [3.05, 3.63) is 65.7 Å². The van der Waals surface area contributed by atoms with E-state index in [0.29, 0.717) is 12.2 Å². The molecular formula is C18H20N2O2. The average Bonchev–Trinajstić information content (AvgIpc) is 2.53. The van der Waals surface area contributed by atoms with Crippen LogP contribution >= 0.6 is 0 Å². The summed E-state index contributed by atoms with van der Waals surface area (Å²) in [6, 6.07) is 17.0. The third-order valence-corrected chi connectivity index (χ3v) is 3.33. The van der Waals surface area contributed by atoms with Crippen LogP contribution in [0.15, 0.2) is 54.6 Å². The largest absolute Gasteiger partial charge is 0.344 e. The Morgan fingerprint density at radius 2 is 1.55 bits per heavy atom. The molecule has 0 aliphatic heterocycles. The van der Waals surface area contributed by atoms with Crippen molar-refractivity contribution in [3.63, 3.8) is 0 Å². The van der Waals surface area contributed by atoms with Gasteiger partial charge in [0.05, 0.1) is 0 Å². The zero-order valence-corrected chi connectivity index (χ0v) is 12.8. The minimum atomic E-state index is -0.649. The van der Waals surface area contributed by atoms with Gasteiger partial charge < -0.3 is 10.6 Å². The maximum atomic E-state index is 12.0. The smallest absolute Gasteiger partial charge is 0.313 e.